The minimum atomic E-state index is 0.715. The molecule has 0 amide bonds. The molecule has 0 fully saturated rings. The van der Waals surface area contributed by atoms with E-state index in [-0.39, 0.29) is 0 Å². The van der Waals surface area contributed by atoms with Gasteiger partial charge in [0.25, 0.3) is 0 Å². The molecule has 0 bridgehead atoms. The van der Waals surface area contributed by atoms with Crippen molar-refractivity contribution in [3.63, 3.8) is 0 Å². The molecular formula is C16H19ClN2. The van der Waals surface area contributed by atoms with Gasteiger partial charge in [0.15, 0.2) is 0 Å². The summed E-state index contributed by atoms with van der Waals surface area (Å²) in [6.45, 7) is 2.86. The van der Waals surface area contributed by atoms with Crippen LogP contribution in [0.2, 0.25) is 0 Å². The van der Waals surface area contributed by atoms with Gasteiger partial charge in [-0.3, -0.25) is 4.98 Å². The van der Waals surface area contributed by atoms with Crippen molar-refractivity contribution in [3.8, 4) is 0 Å². The molecule has 0 aliphatic heterocycles. The Morgan fingerprint density at radius 3 is 2.84 bits per heavy atom. The summed E-state index contributed by atoms with van der Waals surface area (Å²) in [6.07, 6.45) is 5.82. The van der Waals surface area contributed by atoms with Crippen LogP contribution in [0.15, 0.2) is 42.7 Å². The Balaban J connectivity index is 1.95. The summed E-state index contributed by atoms with van der Waals surface area (Å²) in [4.78, 5) is 4.20. The number of nitrogens with zero attached hydrogens (tertiary/aromatic N) is 1. The zero-order valence-electron chi connectivity index (χ0n) is 11.2. The standard InChI is InChI=1S/C16H19ClN2/c1-13-8-15(11-18-10-13)12-19-16-6-2-4-14(9-16)5-3-7-17/h2,4,6,8-11,19H,3,5,7,12H2,1H3. The highest BCUT2D eigenvalue weighted by molar-refractivity contribution is 6.17. The highest BCUT2D eigenvalue weighted by Crippen LogP contribution is 2.14. The van der Waals surface area contributed by atoms with Crippen LogP contribution in [0, 0.1) is 6.92 Å². The van der Waals surface area contributed by atoms with E-state index >= 15 is 0 Å². The monoisotopic (exact) mass is 274 g/mol. The molecule has 0 saturated carbocycles. The number of hydrogen-bond donors (Lipinski definition) is 1. The molecule has 0 aliphatic rings. The third-order valence-corrected chi connectivity index (χ3v) is 3.22. The predicted molar refractivity (Wildman–Crippen MR) is 81.8 cm³/mol. The average molecular weight is 275 g/mol. The predicted octanol–water partition coefficient (Wildman–Crippen LogP) is 4.17. The highest BCUT2D eigenvalue weighted by atomic mass is 35.5. The van der Waals surface area contributed by atoms with Crippen LogP contribution < -0.4 is 5.32 Å². The Morgan fingerprint density at radius 2 is 2.05 bits per heavy atom. The van der Waals surface area contributed by atoms with Gasteiger partial charge in [0, 0.05) is 30.5 Å². The van der Waals surface area contributed by atoms with E-state index in [1.807, 2.05) is 12.4 Å². The van der Waals surface area contributed by atoms with Gasteiger partial charge < -0.3 is 5.32 Å². The largest absolute Gasteiger partial charge is 0.381 e. The van der Waals surface area contributed by atoms with Crippen LogP contribution in [-0.2, 0) is 13.0 Å². The Bertz CT molecular complexity index is 526. The summed E-state index contributed by atoms with van der Waals surface area (Å²) < 4.78 is 0. The van der Waals surface area contributed by atoms with Gasteiger partial charge in [-0.1, -0.05) is 18.2 Å². The van der Waals surface area contributed by atoms with Gasteiger partial charge in [0.2, 0.25) is 0 Å². The molecule has 1 N–H and O–H groups in total. The average Bonchev–Trinajstić information content (AvgIpc) is 2.43. The number of halogens is 1. The van der Waals surface area contributed by atoms with Crippen LogP contribution in [0.4, 0.5) is 5.69 Å². The van der Waals surface area contributed by atoms with Crippen molar-refractivity contribution in [2.24, 2.45) is 0 Å². The van der Waals surface area contributed by atoms with Crippen LogP contribution in [0.5, 0.6) is 0 Å². The lowest BCUT2D eigenvalue weighted by atomic mass is 10.1. The highest BCUT2D eigenvalue weighted by Gasteiger charge is 1.98. The minimum absolute atomic E-state index is 0.715. The van der Waals surface area contributed by atoms with E-state index in [1.54, 1.807) is 0 Å². The van der Waals surface area contributed by atoms with Crippen LogP contribution in [0.3, 0.4) is 0 Å². The first-order chi connectivity index (χ1) is 9.28. The van der Waals surface area contributed by atoms with Gasteiger partial charge in [-0.2, -0.15) is 0 Å². The van der Waals surface area contributed by atoms with E-state index in [9.17, 15) is 0 Å². The van der Waals surface area contributed by atoms with Gasteiger partial charge in [-0.05, 0) is 48.6 Å². The van der Waals surface area contributed by atoms with Crippen LogP contribution >= 0.6 is 11.6 Å². The molecule has 2 nitrogen and oxygen atoms in total. The summed E-state index contributed by atoms with van der Waals surface area (Å²) in [5, 5.41) is 3.43. The molecule has 0 spiro atoms. The lowest BCUT2D eigenvalue weighted by molar-refractivity contribution is 0.928. The number of pyridine rings is 1. The first-order valence-electron chi connectivity index (χ1n) is 6.57. The number of rotatable bonds is 6. The van der Waals surface area contributed by atoms with Crippen LogP contribution in [-0.4, -0.2) is 10.9 Å². The second-order valence-corrected chi connectivity index (χ2v) is 5.09. The summed E-state index contributed by atoms with van der Waals surface area (Å²) in [7, 11) is 0. The molecule has 2 aromatic rings. The summed E-state index contributed by atoms with van der Waals surface area (Å²) in [5.41, 5.74) is 4.86. The molecule has 0 saturated heterocycles. The van der Waals surface area contributed by atoms with Crippen molar-refractivity contribution in [3.05, 3.63) is 59.4 Å². The lowest BCUT2D eigenvalue weighted by Crippen LogP contribution is -2.00. The molecule has 1 aromatic heterocycles. The number of hydrogen-bond acceptors (Lipinski definition) is 2. The number of nitrogens with one attached hydrogen (secondary N) is 1. The van der Waals surface area contributed by atoms with Gasteiger partial charge >= 0.3 is 0 Å². The van der Waals surface area contributed by atoms with E-state index in [1.165, 1.54) is 16.7 Å². The fourth-order valence-electron chi connectivity index (χ4n) is 2.03. The fourth-order valence-corrected chi connectivity index (χ4v) is 2.16. The molecule has 0 aliphatic carbocycles. The Kier molecular flexibility index (Phi) is 5.22. The molecule has 3 heteroatoms. The maximum Gasteiger partial charge on any atom is 0.0416 e. The van der Waals surface area contributed by atoms with Crippen molar-refractivity contribution >= 4 is 17.3 Å². The van der Waals surface area contributed by atoms with E-state index in [2.05, 4.69) is 47.6 Å². The molecule has 0 atom stereocenters. The van der Waals surface area contributed by atoms with E-state index in [0.29, 0.717) is 5.88 Å². The summed E-state index contributed by atoms with van der Waals surface area (Å²) in [6, 6.07) is 10.7. The topological polar surface area (TPSA) is 24.9 Å². The van der Waals surface area contributed by atoms with Gasteiger partial charge in [-0.25, -0.2) is 0 Å². The maximum atomic E-state index is 5.72. The molecule has 19 heavy (non-hydrogen) atoms. The molecule has 1 aromatic carbocycles. The van der Waals surface area contributed by atoms with Crippen molar-refractivity contribution in [2.45, 2.75) is 26.3 Å². The summed E-state index contributed by atoms with van der Waals surface area (Å²) >= 11 is 5.72. The zero-order chi connectivity index (χ0) is 13.5. The first kappa shape index (κ1) is 13.9. The first-order valence-corrected chi connectivity index (χ1v) is 7.10. The van der Waals surface area contributed by atoms with E-state index < -0.39 is 0 Å². The minimum Gasteiger partial charge on any atom is -0.381 e. The number of benzene rings is 1. The smallest absolute Gasteiger partial charge is 0.0416 e. The Labute approximate surface area is 119 Å². The van der Waals surface area contributed by atoms with E-state index in [0.717, 1.165) is 25.1 Å². The molecule has 2 rings (SSSR count). The van der Waals surface area contributed by atoms with Crippen molar-refractivity contribution in [2.75, 3.05) is 11.2 Å². The fraction of sp³-hybridized carbons (Fsp3) is 0.312. The molecule has 100 valence electrons. The van der Waals surface area contributed by atoms with Crippen molar-refractivity contribution in [1.29, 1.82) is 0 Å². The molecule has 0 radical (unpaired) electrons. The second kappa shape index (κ2) is 7.15. The van der Waals surface area contributed by atoms with Crippen molar-refractivity contribution < 1.29 is 0 Å². The molecule has 0 unspecified atom stereocenters. The number of aromatic nitrogens is 1. The van der Waals surface area contributed by atoms with Gasteiger partial charge in [0.05, 0.1) is 0 Å². The van der Waals surface area contributed by atoms with Crippen LogP contribution in [0.25, 0.3) is 0 Å². The second-order valence-electron chi connectivity index (χ2n) is 4.72. The zero-order valence-corrected chi connectivity index (χ0v) is 12.0. The van der Waals surface area contributed by atoms with Gasteiger partial charge in [0.1, 0.15) is 0 Å². The summed E-state index contributed by atoms with van der Waals surface area (Å²) in [5.74, 6) is 0.715. The SMILES string of the molecule is Cc1cncc(CNc2cccc(CCCCl)c2)c1. The normalized spacial score (nSPS) is 10.4. The quantitative estimate of drug-likeness (QED) is 0.800. The number of alkyl halides is 1. The number of anilines is 1. The maximum absolute atomic E-state index is 5.72. The third kappa shape index (κ3) is 4.56. The third-order valence-electron chi connectivity index (χ3n) is 2.95. The molecular weight excluding hydrogens is 256 g/mol. The Morgan fingerprint density at radius 1 is 1.16 bits per heavy atom. The van der Waals surface area contributed by atoms with Crippen molar-refractivity contribution in [1.82, 2.24) is 4.98 Å². The van der Waals surface area contributed by atoms with E-state index in [4.69, 9.17) is 11.6 Å². The van der Waals surface area contributed by atoms with Crippen LogP contribution in [0.1, 0.15) is 23.1 Å². The number of aryl methyl sites for hydroxylation is 2. The lowest BCUT2D eigenvalue weighted by Gasteiger charge is -2.08. The molecule has 1 heterocycles. The van der Waals surface area contributed by atoms with Gasteiger partial charge in [-0.15, -0.1) is 11.6 Å². The Hall–Kier alpha value is -1.54.